The van der Waals surface area contributed by atoms with E-state index in [1.54, 1.807) is 42.9 Å². The molecule has 0 fully saturated rings. The van der Waals surface area contributed by atoms with E-state index in [0.29, 0.717) is 109 Å². The molecule has 101 heavy (non-hydrogen) atoms. The number of ether oxygens (including phenoxy) is 3. The van der Waals surface area contributed by atoms with E-state index in [4.69, 9.17) is 43.2 Å². The van der Waals surface area contributed by atoms with Gasteiger partial charge in [-0.15, -0.1) is 0 Å². The van der Waals surface area contributed by atoms with Crippen molar-refractivity contribution in [1.29, 1.82) is 0 Å². The van der Waals surface area contributed by atoms with Crippen LogP contribution >= 0.6 is 11.6 Å². The molecule has 2 aliphatic heterocycles. The van der Waals surface area contributed by atoms with Crippen LogP contribution in [-0.4, -0.2) is 118 Å². The topological polar surface area (TPSA) is 275 Å². The molecule has 0 bridgehead atoms. The van der Waals surface area contributed by atoms with Gasteiger partial charge in [-0.25, -0.2) is 16.8 Å². The van der Waals surface area contributed by atoms with Gasteiger partial charge in [-0.2, -0.15) is 31.5 Å². The Kier molecular flexibility index (Phi) is 31.8. The van der Waals surface area contributed by atoms with Gasteiger partial charge in [0.2, 0.25) is 28.6 Å². The number of hydrogen-bond acceptors (Lipinski definition) is 19. The van der Waals surface area contributed by atoms with E-state index in [1.165, 1.54) is 32.5 Å². The van der Waals surface area contributed by atoms with Crippen LogP contribution in [0.15, 0.2) is 173 Å². The normalized spacial score (nSPS) is 14.0. The molecule has 6 aromatic carbocycles. The van der Waals surface area contributed by atoms with Crippen LogP contribution in [0, 0.1) is 0 Å². The van der Waals surface area contributed by atoms with E-state index in [0.717, 1.165) is 55.8 Å². The number of aryl methyl sites for hydroxylation is 2. The van der Waals surface area contributed by atoms with E-state index >= 15 is 0 Å². The average molecular weight is 1490 g/mol. The van der Waals surface area contributed by atoms with Crippen molar-refractivity contribution >= 4 is 98.8 Å². The first-order valence-corrected chi connectivity index (χ1v) is 40.1. The summed E-state index contributed by atoms with van der Waals surface area (Å²) in [4.78, 5) is 6.32. The molecule has 546 valence electrons. The number of oxazole rings is 1. The quantitative estimate of drug-likeness (QED) is 0.0130. The first-order chi connectivity index (χ1) is 48.4. The molecule has 8 aromatic rings. The van der Waals surface area contributed by atoms with Crippen LogP contribution in [0.2, 0.25) is 5.02 Å². The van der Waals surface area contributed by atoms with E-state index in [1.807, 2.05) is 150 Å². The van der Waals surface area contributed by atoms with Crippen molar-refractivity contribution in [3.8, 4) is 39.5 Å². The fourth-order valence-corrected chi connectivity index (χ4v) is 13.3. The highest BCUT2D eigenvalue weighted by molar-refractivity contribution is 7.86. The molecule has 0 saturated carbocycles. The first kappa shape index (κ1) is 80.7. The van der Waals surface area contributed by atoms with Crippen molar-refractivity contribution in [2.75, 3.05) is 80.0 Å². The number of hydrogen-bond donors (Lipinski definition) is 2. The minimum Gasteiger partial charge on any atom is -0.748 e. The predicted molar refractivity (Wildman–Crippen MR) is 398 cm³/mol. The molecule has 2 aliphatic rings. The number of methoxy groups -OCH3 is 1. The molecule has 0 saturated heterocycles. The third kappa shape index (κ3) is 24.8. The number of anilines is 2. The lowest BCUT2D eigenvalue weighted by Crippen LogP contribution is -2.38. The van der Waals surface area contributed by atoms with Crippen LogP contribution in [0.4, 0.5) is 11.4 Å². The molecule has 10 rings (SSSR count). The summed E-state index contributed by atoms with van der Waals surface area (Å²) in [5.41, 5.74) is 11.7. The molecule has 1 unspecified atom stereocenters. The lowest BCUT2D eigenvalue weighted by molar-refractivity contribution is -0.673. The van der Waals surface area contributed by atoms with Gasteiger partial charge in [-0.05, 0) is 134 Å². The second-order valence-corrected chi connectivity index (χ2v) is 29.3. The number of benzene rings is 6. The number of rotatable bonds is 32. The van der Waals surface area contributed by atoms with Gasteiger partial charge in [0.25, 0.3) is 15.6 Å². The first-order valence-electron chi connectivity index (χ1n) is 34.0. The Morgan fingerprint density at radius 2 is 1.24 bits per heavy atom. The Bertz CT molecular complexity index is 4470. The van der Waals surface area contributed by atoms with Crippen molar-refractivity contribution in [3.05, 3.63) is 186 Å². The fourth-order valence-electron chi connectivity index (χ4n) is 10.9. The number of hydroxylamine groups is 1. The highest BCUT2D eigenvalue weighted by atomic mass is 35.5. The van der Waals surface area contributed by atoms with Crippen molar-refractivity contribution in [1.82, 2.24) is 10.4 Å². The van der Waals surface area contributed by atoms with Gasteiger partial charge in [-0.3, -0.25) is 8.74 Å². The SMILES string of the molecule is CCC(=Cc1oc2ccc(-c3ccccc3)cc2[n+]1CCS(=O)(=O)[O-])C=C1Oc2ccc(Cl)cc2N1CCCOS(=O)O.CCCC.CCN(CC)CC.CCNOS(=O)(=O)CCCCN1/C(=C/c2ccc3cc(OC)ccc3[n+]2CCCCS(=O)(=O)[O-])Oc2ccc(-c3ccccc3)cc21. The van der Waals surface area contributed by atoms with Crippen LogP contribution in [0.1, 0.15) is 111 Å². The van der Waals surface area contributed by atoms with Crippen LogP contribution in [0.3, 0.4) is 0 Å². The van der Waals surface area contributed by atoms with E-state index in [9.17, 15) is 38.6 Å². The largest absolute Gasteiger partial charge is 0.748 e. The fraction of sp³-hybridized carbons (Fsp3) is 0.378. The highest BCUT2D eigenvalue weighted by Crippen LogP contribution is 2.43. The Morgan fingerprint density at radius 3 is 1.84 bits per heavy atom. The third-order valence-corrected chi connectivity index (χ3v) is 19.7. The van der Waals surface area contributed by atoms with Gasteiger partial charge in [0.15, 0.2) is 18.0 Å². The minimum atomic E-state index is -4.49. The smallest absolute Gasteiger partial charge is 0.374 e. The summed E-state index contributed by atoms with van der Waals surface area (Å²) in [6.07, 6.45) is 10.8. The number of allylic oxidation sites excluding steroid dienone is 2. The maximum Gasteiger partial charge on any atom is 0.374 e. The second kappa shape index (κ2) is 39.7. The molecule has 22 nitrogen and oxygen atoms in total. The molecule has 4 heterocycles. The molecule has 0 amide bonds. The van der Waals surface area contributed by atoms with Gasteiger partial charge in [0.05, 0.1) is 64.3 Å². The van der Waals surface area contributed by atoms with Gasteiger partial charge in [0, 0.05) is 61.1 Å². The monoisotopic (exact) mass is 1480 g/mol. The van der Waals surface area contributed by atoms with Crippen molar-refractivity contribution in [3.63, 3.8) is 0 Å². The Hall–Kier alpha value is -7.57. The molecular weight excluding hydrogens is 1390 g/mol. The molecule has 1 atom stereocenters. The zero-order valence-corrected chi connectivity index (χ0v) is 62.6. The highest BCUT2D eigenvalue weighted by Gasteiger charge is 2.31. The number of nitrogens with zero attached hydrogens (tertiary/aromatic N) is 5. The molecular formula is C74H93ClN6O16S4. The van der Waals surface area contributed by atoms with Crippen molar-refractivity contribution in [2.24, 2.45) is 0 Å². The van der Waals surface area contributed by atoms with Gasteiger partial charge in [-0.1, -0.05) is 146 Å². The summed E-state index contributed by atoms with van der Waals surface area (Å²) in [6.45, 7) is 19.9. The van der Waals surface area contributed by atoms with E-state index < -0.39 is 53.2 Å². The Morgan fingerprint density at radius 1 is 0.634 bits per heavy atom. The van der Waals surface area contributed by atoms with Crippen molar-refractivity contribution in [2.45, 2.75) is 113 Å². The summed E-state index contributed by atoms with van der Waals surface area (Å²) in [5.74, 6) is 2.29. The molecule has 0 spiro atoms. The number of nitrogens with one attached hydrogen (secondary N) is 1. The van der Waals surface area contributed by atoms with Crippen LogP contribution in [0.25, 0.3) is 56.4 Å². The summed E-state index contributed by atoms with van der Waals surface area (Å²) in [5, 5.41) is 1.46. The summed E-state index contributed by atoms with van der Waals surface area (Å²) >= 11 is 3.90. The molecule has 0 radical (unpaired) electrons. The average Bonchev–Trinajstić information content (AvgIpc) is 1.72. The van der Waals surface area contributed by atoms with Gasteiger partial charge >= 0.3 is 17.3 Å². The van der Waals surface area contributed by atoms with E-state index in [2.05, 4.69) is 55.6 Å². The molecule has 2 N–H and O–H groups in total. The Balaban J connectivity index is 0.000000247. The number of pyridine rings is 1. The van der Waals surface area contributed by atoms with Crippen LogP contribution in [-0.2, 0) is 63.3 Å². The number of aromatic nitrogens is 2. The third-order valence-electron chi connectivity index (χ3n) is 16.4. The summed E-state index contributed by atoms with van der Waals surface area (Å²) < 4.78 is 150. The minimum absolute atomic E-state index is 0.0613. The van der Waals surface area contributed by atoms with Gasteiger partial charge in [0.1, 0.15) is 22.4 Å². The van der Waals surface area contributed by atoms with Crippen LogP contribution < -0.4 is 38.6 Å². The van der Waals surface area contributed by atoms with Gasteiger partial charge < -0.3 is 42.4 Å². The standard InChI is InChI=1S/C34H39N3O8S2.C30H29ClN2O8S2.C6H15N.C4H10/c1-3-35-45-47(41,42)22-10-8-20-37-32-24-27(26-11-5-4-6-12-26)14-18-33(32)44-34(37)25-29-15-13-28-23-30(43-2)16-17-31(28)36(29)19-7-9-21-46(38,39)40;1-2-21(17-29-32(13-6-15-39-42(34)35)26-20-24(31)10-12-28(26)41-29)18-30-33(14-16-43(36,37)38)25-19-23(9-11-27(25)40-30)22-7-4-3-5-8-22;1-4-7(5-2)6-3;1-3-4-2/h4-6,11-18,23-25,35H,3,7-10,19-22H2,1-2H3;3-5,7-12,17-20H,2,6,13-16H2,1H3,(H-,34,35,36,37,38);4-6H2,1-3H3;3-4H2,1-2H3. The maximum absolute atomic E-state index is 12.2. The second-order valence-electron chi connectivity index (χ2n) is 23.5. The predicted octanol–water partition coefficient (Wildman–Crippen LogP) is 13.8. The van der Waals surface area contributed by atoms with Crippen LogP contribution in [0.5, 0.6) is 17.2 Å². The van der Waals surface area contributed by atoms with E-state index in [-0.39, 0.29) is 25.3 Å². The molecule has 2 aromatic heterocycles. The number of halogens is 1. The Labute approximate surface area is 602 Å². The lowest BCUT2D eigenvalue weighted by Gasteiger charge is -2.19. The summed E-state index contributed by atoms with van der Waals surface area (Å²) in [7, 11) is -10.9. The zero-order chi connectivity index (χ0) is 73.1. The lowest BCUT2D eigenvalue weighted by atomic mass is 10.0. The summed E-state index contributed by atoms with van der Waals surface area (Å²) in [6, 6.07) is 46.4. The molecule has 27 heteroatoms. The molecule has 0 aliphatic carbocycles. The number of fused-ring (bicyclic) bond motifs is 4. The zero-order valence-electron chi connectivity index (χ0n) is 58.5. The van der Waals surface area contributed by atoms with Crippen molar-refractivity contribution < 1.29 is 79.3 Å². The number of unbranched alkanes of at least 4 members (excludes halogenated alkanes) is 3. The maximum atomic E-state index is 12.2.